The summed E-state index contributed by atoms with van der Waals surface area (Å²) in [7, 11) is 0. The van der Waals surface area contributed by atoms with Gasteiger partial charge in [0.25, 0.3) is 0 Å². The number of aromatic nitrogens is 4. The average molecular weight is 327 g/mol. The van der Waals surface area contributed by atoms with Crippen LogP contribution in [0.1, 0.15) is 24.2 Å². The van der Waals surface area contributed by atoms with Crippen LogP contribution in [0.4, 0.5) is 5.82 Å². The molecule has 0 aliphatic carbocycles. The van der Waals surface area contributed by atoms with E-state index in [1.807, 2.05) is 32.0 Å². The van der Waals surface area contributed by atoms with Gasteiger partial charge in [-0.05, 0) is 32.0 Å². The number of aryl methyl sites for hydroxylation is 2. The Bertz CT molecular complexity index is 715. The number of anilines is 1. The fraction of sp³-hybridized carbons (Fsp3) is 0.529. The summed E-state index contributed by atoms with van der Waals surface area (Å²) in [5.41, 5.74) is 1.68. The summed E-state index contributed by atoms with van der Waals surface area (Å²) in [6.07, 6.45) is 3.53. The minimum atomic E-state index is -0.153. The molecule has 0 aromatic carbocycles. The lowest BCUT2D eigenvalue weighted by molar-refractivity contribution is -0.127. The Morgan fingerprint density at radius 3 is 2.79 bits per heavy atom. The summed E-state index contributed by atoms with van der Waals surface area (Å²) >= 11 is 0. The number of hydrogen-bond acceptors (Lipinski definition) is 7. The maximum absolute atomic E-state index is 6.06. The van der Waals surface area contributed by atoms with Gasteiger partial charge in [-0.25, -0.2) is 9.97 Å². The molecular formula is C17H21N5O2. The summed E-state index contributed by atoms with van der Waals surface area (Å²) in [4.78, 5) is 10.7. The SMILES string of the molecule is Cc1ccc(N2CC3(C[C@@H](Oc4nccc(C)n4)CCO3)C2)nn1. The van der Waals surface area contributed by atoms with Crippen LogP contribution in [0.3, 0.4) is 0 Å². The van der Waals surface area contributed by atoms with Gasteiger partial charge in [0.1, 0.15) is 11.7 Å². The topological polar surface area (TPSA) is 73.3 Å². The molecular weight excluding hydrogens is 306 g/mol. The van der Waals surface area contributed by atoms with Gasteiger partial charge in [-0.15, -0.1) is 5.10 Å². The lowest BCUT2D eigenvalue weighted by atomic mass is 9.84. The van der Waals surface area contributed by atoms with Gasteiger partial charge in [0.05, 0.1) is 25.4 Å². The van der Waals surface area contributed by atoms with Crippen LogP contribution in [0.2, 0.25) is 0 Å². The van der Waals surface area contributed by atoms with Crippen LogP contribution in [0, 0.1) is 13.8 Å². The zero-order chi connectivity index (χ0) is 16.6. The van der Waals surface area contributed by atoms with E-state index >= 15 is 0 Å². The second-order valence-electron chi connectivity index (χ2n) is 6.63. The third kappa shape index (κ3) is 3.03. The Morgan fingerprint density at radius 2 is 2.04 bits per heavy atom. The molecule has 0 amide bonds. The predicted molar refractivity (Wildman–Crippen MR) is 88.1 cm³/mol. The van der Waals surface area contributed by atoms with Gasteiger partial charge in [-0.3, -0.25) is 0 Å². The maximum atomic E-state index is 6.06. The van der Waals surface area contributed by atoms with Crippen LogP contribution in [-0.2, 0) is 4.74 Å². The molecule has 2 aromatic rings. The molecule has 1 spiro atoms. The van der Waals surface area contributed by atoms with Crippen LogP contribution in [0.15, 0.2) is 24.4 Å². The number of ether oxygens (including phenoxy) is 2. The van der Waals surface area contributed by atoms with Crippen LogP contribution in [0.5, 0.6) is 6.01 Å². The maximum Gasteiger partial charge on any atom is 0.316 e. The van der Waals surface area contributed by atoms with E-state index in [1.54, 1.807) is 6.20 Å². The lowest BCUT2D eigenvalue weighted by Crippen LogP contribution is -2.66. The molecule has 7 heteroatoms. The molecule has 2 aromatic heterocycles. The van der Waals surface area contributed by atoms with Crippen molar-refractivity contribution in [2.24, 2.45) is 0 Å². The highest BCUT2D eigenvalue weighted by Gasteiger charge is 2.49. The van der Waals surface area contributed by atoms with Crippen LogP contribution in [-0.4, -0.2) is 51.6 Å². The molecule has 1 atom stereocenters. The van der Waals surface area contributed by atoms with Crippen molar-refractivity contribution in [3.05, 3.63) is 35.8 Å². The van der Waals surface area contributed by atoms with E-state index in [-0.39, 0.29) is 11.7 Å². The molecule has 2 aliphatic rings. The first-order valence-electron chi connectivity index (χ1n) is 8.27. The minimum absolute atomic E-state index is 0.0896. The van der Waals surface area contributed by atoms with E-state index in [2.05, 4.69) is 25.1 Å². The van der Waals surface area contributed by atoms with Crippen molar-refractivity contribution in [3.8, 4) is 6.01 Å². The molecule has 0 unspecified atom stereocenters. The standard InChI is InChI=1S/C17H21N5O2/c1-12-5-7-18-16(19-12)24-14-6-8-23-17(9-14)10-22(11-17)15-4-3-13(2)20-21-15/h3-5,7,14H,6,8-11H2,1-2H3/t14-/m0/s1. The molecule has 4 heterocycles. The van der Waals surface area contributed by atoms with Crippen LogP contribution in [0.25, 0.3) is 0 Å². The molecule has 126 valence electrons. The molecule has 7 nitrogen and oxygen atoms in total. The van der Waals surface area contributed by atoms with Gasteiger partial charge < -0.3 is 14.4 Å². The van der Waals surface area contributed by atoms with E-state index < -0.39 is 0 Å². The summed E-state index contributed by atoms with van der Waals surface area (Å²) in [5.74, 6) is 0.903. The molecule has 2 aliphatic heterocycles. The van der Waals surface area contributed by atoms with Crippen LogP contribution >= 0.6 is 0 Å². The molecule has 0 bridgehead atoms. The van der Waals surface area contributed by atoms with Gasteiger partial charge in [0.15, 0.2) is 5.82 Å². The number of nitrogens with zero attached hydrogens (tertiary/aromatic N) is 5. The van der Waals surface area contributed by atoms with Crippen molar-refractivity contribution in [1.82, 2.24) is 20.2 Å². The van der Waals surface area contributed by atoms with Gasteiger partial charge in [0, 0.05) is 24.7 Å². The summed E-state index contributed by atoms with van der Waals surface area (Å²) < 4.78 is 12.0. The summed E-state index contributed by atoms with van der Waals surface area (Å²) in [6.45, 7) is 6.21. The molecule has 2 saturated heterocycles. The molecule has 0 saturated carbocycles. The van der Waals surface area contributed by atoms with Gasteiger partial charge in [-0.2, -0.15) is 5.10 Å². The Labute approximate surface area is 141 Å². The first-order chi connectivity index (χ1) is 11.6. The van der Waals surface area contributed by atoms with Gasteiger partial charge in [0.2, 0.25) is 0 Å². The Kier molecular flexibility index (Phi) is 3.80. The normalized spacial score (nSPS) is 22.2. The van der Waals surface area contributed by atoms with Gasteiger partial charge in [-0.1, -0.05) is 0 Å². The average Bonchev–Trinajstić information content (AvgIpc) is 2.54. The van der Waals surface area contributed by atoms with Crippen molar-refractivity contribution in [2.45, 2.75) is 38.4 Å². The fourth-order valence-corrected chi connectivity index (χ4v) is 3.31. The number of hydrogen-bond donors (Lipinski definition) is 0. The van der Waals surface area contributed by atoms with Crippen molar-refractivity contribution in [1.29, 1.82) is 0 Å². The minimum Gasteiger partial charge on any atom is -0.460 e. The Balaban J connectivity index is 1.38. The second-order valence-corrected chi connectivity index (χ2v) is 6.63. The third-order valence-corrected chi connectivity index (χ3v) is 4.56. The molecule has 2 fully saturated rings. The van der Waals surface area contributed by atoms with Crippen molar-refractivity contribution < 1.29 is 9.47 Å². The highest BCUT2D eigenvalue weighted by atomic mass is 16.5. The fourth-order valence-electron chi connectivity index (χ4n) is 3.31. The van der Waals surface area contributed by atoms with Crippen molar-refractivity contribution >= 4 is 5.82 Å². The van der Waals surface area contributed by atoms with E-state index in [0.717, 1.165) is 43.1 Å². The molecule has 24 heavy (non-hydrogen) atoms. The highest BCUT2D eigenvalue weighted by Crippen LogP contribution is 2.37. The van der Waals surface area contributed by atoms with Crippen molar-refractivity contribution in [3.63, 3.8) is 0 Å². The quantitative estimate of drug-likeness (QED) is 0.849. The first kappa shape index (κ1) is 15.3. The highest BCUT2D eigenvalue weighted by molar-refractivity contribution is 5.43. The molecule has 0 N–H and O–H groups in total. The summed E-state index contributed by atoms with van der Waals surface area (Å²) in [6, 6.07) is 6.31. The number of rotatable bonds is 3. The summed E-state index contributed by atoms with van der Waals surface area (Å²) in [5, 5.41) is 8.36. The van der Waals surface area contributed by atoms with Crippen LogP contribution < -0.4 is 9.64 Å². The zero-order valence-corrected chi connectivity index (χ0v) is 14.0. The van der Waals surface area contributed by atoms with E-state index in [0.29, 0.717) is 12.6 Å². The van der Waals surface area contributed by atoms with E-state index in [1.165, 1.54) is 0 Å². The van der Waals surface area contributed by atoms with Gasteiger partial charge >= 0.3 is 6.01 Å². The Morgan fingerprint density at radius 1 is 1.17 bits per heavy atom. The Hall–Kier alpha value is -2.28. The second kappa shape index (κ2) is 5.98. The predicted octanol–water partition coefficient (Wildman–Crippen LogP) is 1.70. The molecule has 4 rings (SSSR count). The lowest BCUT2D eigenvalue weighted by Gasteiger charge is -2.53. The third-order valence-electron chi connectivity index (χ3n) is 4.56. The van der Waals surface area contributed by atoms with E-state index in [9.17, 15) is 0 Å². The van der Waals surface area contributed by atoms with Crippen molar-refractivity contribution in [2.75, 3.05) is 24.6 Å². The molecule has 0 radical (unpaired) electrons. The smallest absolute Gasteiger partial charge is 0.316 e. The first-order valence-corrected chi connectivity index (χ1v) is 8.27. The van der Waals surface area contributed by atoms with E-state index in [4.69, 9.17) is 9.47 Å². The largest absolute Gasteiger partial charge is 0.460 e. The zero-order valence-electron chi connectivity index (χ0n) is 14.0. The monoisotopic (exact) mass is 327 g/mol.